The summed E-state index contributed by atoms with van der Waals surface area (Å²) < 4.78 is 13.7. The summed E-state index contributed by atoms with van der Waals surface area (Å²) in [7, 11) is 0. The predicted molar refractivity (Wildman–Crippen MR) is 59.4 cm³/mol. The number of rotatable bonds is 5. The Morgan fingerprint density at radius 3 is 2.73 bits per heavy atom. The third-order valence-electron chi connectivity index (χ3n) is 2.30. The highest BCUT2D eigenvalue weighted by Crippen LogP contribution is 2.15. The molecule has 84 valence electrons. The SMILES string of the molecule is CCCC(C)Nc1ncnc(CC)c1F. The van der Waals surface area contributed by atoms with Gasteiger partial charge in [-0.25, -0.2) is 14.4 Å². The van der Waals surface area contributed by atoms with E-state index in [0.717, 1.165) is 12.8 Å². The van der Waals surface area contributed by atoms with Crippen LogP contribution in [-0.2, 0) is 6.42 Å². The van der Waals surface area contributed by atoms with Crippen LogP contribution < -0.4 is 5.32 Å². The molecular formula is C11H18FN3. The summed E-state index contributed by atoms with van der Waals surface area (Å²) in [5, 5.41) is 3.06. The average molecular weight is 211 g/mol. The summed E-state index contributed by atoms with van der Waals surface area (Å²) in [5.74, 6) is 0.00533. The normalized spacial score (nSPS) is 12.5. The van der Waals surface area contributed by atoms with E-state index in [1.807, 2.05) is 13.8 Å². The minimum Gasteiger partial charge on any atom is -0.365 e. The van der Waals surface area contributed by atoms with Crippen molar-refractivity contribution in [2.24, 2.45) is 0 Å². The number of halogens is 1. The largest absolute Gasteiger partial charge is 0.365 e. The molecule has 1 heterocycles. The van der Waals surface area contributed by atoms with E-state index < -0.39 is 0 Å². The Morgan fingerprint density at radius 1 is 1.40 bits per heavy atom. The fraction of sp³-hybridized carbons (Fsp3) is 0.636. The molecule has 0 amide bonds. The third-order valence-corrected chi connectivity index (χ3v) is 2.30. The first kappa shape index (κ1) is 11.9. The van der Waals surface area contributed by atoms with E-state index in [9.17, 15) is 4.39 Å². The van der Waals surface area contributed by atoms with Gasteiger partial charge >= 0.3 is 0 Å². The lowest BCUT2D eigenvalue weighted by Crippen LogP contribution is -2.17. The molecule has 1 atom stereocenters. The molecule has 0 fully saturated rings. The highest BCUT2D eigenvalue weighted by atomic mass is 19.1. The minimum absolute atomic E-state index is 0.240. The van der Waals surface area contributed by atoms with Gasteiger partial charge in [0.1, 0.15) is 6.33 Å². The number of nitrogens with zero attached hydrogens (tertiary/aromatic N) is 2. The molecule has 0 saturated heterocycles. The van der Waals surface area contributed by atoms with Crippen molar-refractivity contribution in [1.82, 2.24) is 9.97 Å². The highest BCUT2D eigenvalue weighted by Gasteiger charge is 2.11. The summed E-state index contributed by atoms with van der Waals surface area (Å²) in [6, 6.07) is 0.240. The summed E-state index contributed by atoms with van der Waals surface area (Å²) >= 11 is 0. The number of anilines is 1. The molecule has 0 spiro atoms. The van der Waals surface area contributed by atoms with Gasteiger partial charge < -0.3 is 5.32 Å². The molecule has 0 aliphatic heterocycles. The van der Waals surface area contributed by atoms with Crippen LogP contribution in [0.5, 0.6) is 0 Å². The van der Waals surface area contributed by atoms with Gasteiger partial charge in [-0.1, -0.05) is 20.3 Å². The molecule has 15 heavy (non-hydrogen) atoms. The fourth-order valence-electron chi connectivity index (χ4n) is 1.49. The van der Waals surface area contributed by atoms with Crippen molar-refractivity contribution in [2.45, 2.75) is 46.1 Å². The molecule has 0 aliphatic rings. The molecule has 4 heteroatoms. The molecule has 0 radical (unpaired) electrons. The molecule has 0 aliphatic carbocycles. The molecule has 0 bridgehead atoms. The van der Waals surface area contributed by atoms with E-state index in [4.69, 9.17) is 0 Å². The van der Waals surface area contributed by atoms with Crippen LogP contribution in [0.4, 0.5) is 10.2 Å². The first-order valence-electron chi connectivity index (χ1n) is 5.44. The van der Waals surface area contributed by atoms with Gasteiger partial charge in [0.25, 0.3) is 0 Å². The standard InChI is InChI=1S/C11H18FN3/c1-4-6-8(3)15-11-10(12)9(5-2)13-7-14-11/h7-8H,4-6H2,1-3H3,(H,13,14,15). The van der Waals surface area contributed by atoms with Gasteiger partial charge in [0, 0.05) is 6.04 Å². The van der Waals surface area contributed by atoms with Crippen LogP contribution >= 0.6 is 0 Å². The number of nitrogens with one attached hydrogen (secondary N) is 1. The van der Waals surface area contributed by atoms with Gasteiger partial charge in [0.2, 0.25) is 0 Å². The van der Waals surface area contributed by atoms with Crippen LogP contribution in [0.1, 0.15) is 39.3 Å². The second-order valence-electron chi connectivity index (χ2n) is 3.67. The zero-order chi connectivity index (χ0) is 11.3. The van der Waals surface area contributed by atoms with E-state index in [1.165, 1.54) is 6.33 Å². The Balaban J connectivity index is 2.76. The Hall–Kier alpha value is -1.19. The maximum Gasteiger partial charge on any atom is 0.186 e. The number of hydrogen-bond acceptors (Lipinski definition) is 3. The molecule has 3 nitrogen and oxygen atoms in total. The van der Waals surface area contributed by atoms with Gasteiger partial charge in [0.05, 0.1) is 5.69 Å². The quantitative estimate of drug-likeness (QED) is 0.813. The number of hydrogen-bond donors (Lipinski definition) is 1. The first-order chi connectivity index (χ1) is 7.19. The molecule has 0 aromatic carbocycles. The van der Waals surface area contributed by atoms with Crippen LogP contribution in [-0.4, -0.2) is 16.0 Å². The highest BCUT2D eigenvalue weighted by molar-refractivity contribution is 5.38. The van der Waals surface area contributed by atoms with Gasteiger partial charge in [-0.15, -0.1) is 0 Å². The van der Waals surface area contributed by atoms with E-state index in [-0.39, 0.29) is 11.9 Å². The predicted octanol–water partition coefficient (Wildman–Crippen LogP) is 2.78. The van der Waals surface area contributed by atoms with E-state index in [2.05, 4.69) is 22.2 Å². The van der Waals surface area contributed by atoms with E-state index in [0.29, 0.717) is 17.9 Å². The Bertz CT molecular complexity index is 315. The maximum atomic E-state index is 13.7. The summed E-state index contributed by atoms with van der Waals surface area (Å²) in [6.45, 7) is 6.01. The van der Waals surface area contributed by atoms with Crippen molar-refractivity contribution in [3.8, 4) is 0 Å². The van der Waals surface area contributed by atoms with E-state index >= 15 is 0 Å². The molecule has 1 rings (SSSR count). The third kappa shape index (κ3) is 3.15. The van der Waals surface area contributed by atoms with Crippen LogP contribution in [0.3, 0.4) is 0 Å². The lowest BCUT2D eigenvalue weighted by Gasteiger charge is -2.14. The van der Waals surface area contributed by atoms with Crippen molar-refractivity contribution in [2.75, 3.05) is 5.32 Å². The van der Waals surface area contributed by atoms with Crippen molar-refractivity contribution in [3.63, 3.8) is 0 Å². The first-order valence-corrected chi connectivity index (χ1v) is 5.44. The Kier molecular flexibility index (Phi) is 4.46. The van der Waals surface area contributed by atoms with Crippen LogP contribution in [0.15, 0.2) is 6.33 Å². The van der Waals surface area contributed by atoms with Crippen LogP contribution in [0.2, 0.25) is 0 Å². The zero-order valence-electron chi connectivity index (χ0n) is 9.55. The van der Waals surface area contributed by atoms with Crippen molar-refractivity contribution in [3.05, 3.63) is 17.8 Å². The van der Waals surface area contributed by atoms with E-state index in [1.54, 1.807) is 0 Å². The van der Waals surface area contributed by atoms with Crippen molar-refractivity contribution >= 4 is 5.82 Å². The van der Waals surface area contributed by atoms with Gasteiger partial charge in [-0.05, 0) is 19.8 Å². The number of aromatic nitrogens is 2. The smallest absolute Gasteiger partial charge is 0.186 e. The molecule has 1 N–H and O–H groups in total. The van der Waals surface area contributed by atoms with Crippen molar-refractivity contribution in [1.29, 1.82) is 0 Å². The lowest BCUT2D eigenvalue weighted by molar-refractivity contribution is 0.589. The number of aryl methyl sites for hydroxylation is 1. The van der Waals surface area contributed by atoms with Gasteiger partial charge in [-0.2, -0.15) is 0 Å². The van der Waals surface area contributed by atoms with Crippen LogP contribution in [0, 0.1) is 5.82 Å². The molecule has 1 aromatic heterocycles. The Morgan fingerprint density at radius 2 is 2.13 bits per heavy atom. The summed E-state index contributed by atoms with van der Waals surface area (Å²) in [6.07, 6.45) is 4.07. The second kappa shape index (κ2) is 5.63. The average Bonchev–Trinajstić information content (AvgIpc) is 2.21. The van der Waals surface area contributed by atoms with Gasteiger partial charge in [-0.3, -0.25) is 0 Å². The van der Waals surface area contributed by atoms with Crippen molar-refractivity contribution < 1.29 is 4.39 Å². The molecule has 1 aromatic rings. The maximum absolute atomic E-state index is 13.7. The molecule has 1 unspecified atom stereocenters. The van der Waals surface area contributed by atoms with Gasteiger partial charge in [0.15, 0.2) is 11.6 Å². The van der Waals surface area contributed by atoms with Crippen LogP contribution in [0.25, 0.3) is 0 Å². The topological polar surface area (TPSA) is 37.8 Å². The summed E-state index contributed by atoms with van der Waals surface area (Å²) in [5.41, 5.74) is 0.469. The molecular weight excluding hydrogens is 193 g/mol. The fourth-order valence-corrected chi connectivity index (χ4v) is 1.49. The summed E-state index contributed by atoms with van der Waals surface area (Å²) in [4.78, 5) is 7.80. The lowest BCUT2D eigenvalue weighted by atomic mass is 10.2. The zero-order valence-corrected chi connectivity index (χ0v) is 9.55. The monoisotopic (exact) mass is 211 g/mol. The second-order valence-corrected chi connectivity index (χ2v) is 3.67. The molecule has 0 saturated carbocycles. The minimum atomic E-state index is -0.317. The Labute approximate surface area is 90.1 Å².